The number of nitrogens with one attached hydrogen (secondary N) is 5. The molecule has 0 radical (unpaired) electrons. The number of primary amides is 1. The number of Topliss-reactive ketones (excluding diaryl/α,β-unsaturated/α-hetero) is 1. The van der Waals surface area contributed by atoms with Gasteiger partial charge in [0, 0.05) is 80.6 Å². The highest BCUT2D eigenvalue weighted by Gasteiger charge is 2.39. The van der Waals surface area contributed by atoms with E-state index in [0.29, 0.717) is 106 Å². The minimum absolute atomic E-state index is 0.000916. The molecule has 7 N–H and O–H groups in total. The third-order valence-electron chi connectivity index (χ3n) is 17.3. The molecule has 4 aliphatic heterocycles. The molecule has 0 aliphatic carbocycles. The second-order valence-electron chi connectivity index (χ2n) is 24.6. The van der Waals surface area contributed by atoms with Gasteiger partial charge in [0.15, 0.2) is 23.0 Å². The number of ketones is 1. The van der Waals surface area contributed by atoms with Crippen LogP contribution in [0.3, 0.4) is 0 Å². The standard InChI is InChI=1S/C73H84N10O16/c1-44(2)67(80-66(85)22-17-45(3)84)69(87)79-57(14-11-23-75-72(74)90)68(86)78-51-20-18-46(19-21-51)41-99-73(91)81(24-25-95-28-29-96-27-26-92-4)52-31-47(42-97-64-37-58-55(35-62(64)93-5)70(88)82-53(39-76-58)33-49-12-7-9-15-60(49)82)30-48(32-52)43-98-65-38-59-56(36-63(65)94-6)71(89)83-54(40-77-59)34-50-13-8-10-16-61(50)83/h7-10,12-13,15-16,18-21,30-32,35-39,44,53-54,57,67,77H,11,14,17,22-29,33-34,40-43H2,1-6H3,(H,78,86)(H,79,87)(H,80,85)(H3,74,75,90)/t53-,54-,57-,67-/m0/s1. The Morgan fingerprint density at radius 2 is 1.31 bits per heavy atom. The molecule has 0 spiro atoms. The number of fused-ring (bicyclic) bond motifs is 8. The molecule has 0 fully saturated rings. The highest BCUT2D eigenvalue weighted by Crippen LogP contribution is 2.43. The van der Waals surface area contributed by atoms with Gasteiger partial charge in [-0.15, -0.1) is 0 Å². The summed E-state index contributed by atoms with van der Waals surface area (Å²) in [6.07, 6.45) is 2.59. The van der Waals surface area contributed by atoms with Crippen LogP contribution in [0.15, 0.2) is 120 Å². The van der Waals surface area contributed by atoms with E-state index in [1.807, 2.05) is 59.5 Å². The summed E-state index contributed by atoms with van der Waals surface area (Å²) in [5, 5.41) is 14.2. The van der Waals surface area contributed by atoms with Crippen LogP contribution in [0, 0.1) is 5.92 Å². The van der Waals surface area contributed by atoms with Crippen molar-refractivity contribution in [1.82, 2.24) is 16.0 Å². The lowest BCUT2D eigenvalue weighted by atomic mass is 10.0. The largest absolute Gasteiger partial charge is 0.493 e. The van der Waals surface area contributed by atoms with Crippen LogP contribution in [0.1, 0.15) is 95.0 Å². The van der Waals surface area contributed by atoms with Gasteiger partial charge in [-0.1, -0.05) is 62.4 Å². The average molecular weight is 1360 g/mol. The molecule has 6 aromatic rings. The molecule has 0 bridgehead atoms. The number of carbonyl (C=O) groups is 8. The summed E-state index contributed by atoms with van der Waals surface area (Å²) < 4.78 is 47.8. The van der Waals surface area contributed by atoms with Gasteiger partial charge in [0.1, 0.15) is 37.7 Å². The number of urea groups is 1. The number of anilines is 5. The van der Waals surface area contributed by atoms with Gasteiger partial charge >= 0.3 is 12.1 Å². The van der Waals surface area contributed by atoms with Crippen molar-refractivity contribution in [3.05, 3.63) is 154 Å². The summed E-state index contributed by atoms with van der Waals surface area (Å²) in [7, 11) is 4.58. The van der Waals surface area contributed by atoms with E-state index in [2.05, 4.69) is 26.6 Å². The summed E-state index contributed by atoms with van der Waals surface area (Å²) in [6.45, 7) is 6.40. The summed E-state index contributed by atoms with van der Waals surface area (Å²) >= 11 is 0. The van der Waals surface area contributed by atoms with Crippen molar-refractivity contribution in [2.45, 2.75) is 103 Å². The number of nitrogens with zero attached hydrogens (tertiary/aromatic N) is 4. The topological polar surface area (TPSA) is 319 Å². The van der Waals surface area contributed by atoms with Gasteiger partial charge in [0.05, 0.1) is 88.4 Å². The molecule has 0 saturated heterocycles. The number of benzene rings is 6. The molecule has 6 aromatic carbocycles. The first-order valence-electron chi connectivity index (χ1n) is 32.9. The lowest BCUT2D eigenvalue weighted by Gasteiger charge is -2.25. The maximum absolute atomic E-state index is 14.8. The lowest BCUT2D eigenvalue weighted by Crippen LogP contribution is -2.54. The Bertz CT molecular complexity index is 3980. The van der Waals surface area contributed by atoms with Gasteiger partial charge in [-0.3, -0.25) is 38.8 Å². The third-order valence-corrected chi connectivity index (χ3v) is 17.3. The zero-order valence-electron chi connectivity index (χ0n) is 56.4. The first kappa shape index (κ1) is 71.2. The monoisotopic (exact) mass is 1360 g/mol. The van der Waals surface area contributed by atoms with E-state index in [-0.39, 0.29) is 114 Å². The molecule has 4 aliphatic rings. The predicted octanol–water partition coefficient (Wildman–Crippen LogP) is 8.35. The van der Waals surface area contributed by atoms with Crippen LogP contribution < -0.4 is 66.0 Å². The number of rotatable bonds is 33. The van der Waals surface area contributed by atoms with E-state index in [9.17, 15) is 38.4 Å². The van der Waals surface area contributed by atoms with Gasteiger partial charge in [0.25, 0.3) is 11.8 Å². The van der Waals surface area contributed by atoms with E-state index in [0.717, 1.165) is 22.5 Å². The number of hydrogen-bond acceptors (Lipinski definition) is 18. The van der Waals surface area contributed by atoms with Gasteiger partial charge in [0.2, 0.25) is 17.7 Å². The molecule has 522 valence electrons. The summed E-state index contributed by atoms with van der Waals surface area (Å²) in [5.74, 6) is -1.38. The fourth-order valence-electron chi connectivity index (χ4n) is 12.2. The summed E-state index contributed by atoms with van der Waals surface area (Å²) in [6, 6.07) is 31.1. The van der Waals surface area contributed by atoms with Crippen molar-refractivity contribution in [1.29, 1.82) is 0 Å². The Labute approximate surface area is 574 Å². The fourth-order valence-corrected chi connectivity index (χ4v) is 12.2. The molecule has 26 heteroatoms. The van der Waals surface area contributed by atoms with Crippen LogP contribution in [-0.4, -0.2) is 152 Å². The molecule has 26 nitrogen and oxygen atoms in total. The Hall–Kier alpha value is -10.6. The molecular formula is C73H84N10O16. The molecule has 8 amide bonds. The van der Waals surface area contributed by atoms with Crippen molar-refractivity contribution < 1.29 is 76.3 Å². The Morgan fingerprint density at radius 3 is 1.98 bits per heavy atom. The second-order valence-corrected chi connectivity index (χ2v) is 24.6. The van der Waals surface area contributed by atoms with E-state index in [1.165, 1.54) is 26.0 Å². The normalized spacial score (nSPS) is 15.3. The third kappa shape index (κ3) is 18.0. The van der Waals surface area contributed by atoms with E-state index >= 15 is 0 Å². The quantitative estimate of drug-likeness (QED) is 0.0211. The van der Waals surface area contributed by atoms with E-state index in [4.69, 9.17) is 48.6 Å². The van der Waals surface area contributed by atoms with Crippen molar-refractivity contribution in [2.75, 3.05) is 99.3 Å². The summed E-state index contributed by atoms with van der Waals surface area (Å²) in [4.78, 5) is 117. The lowest BCUT2D eigenvalue weighted by molar-refractivity contribution is -0.132. The van der Waals surface area contributed by atoms with Gasteiger partial charge in [-0.25, -0.2) is 9.59 Å². The smallest absolute Gasteiger partial charge is 0.414 e. The number of amides is 8. The number of hydrogen-bond donors (Lipinski definition) is 6. The summed E-state index contributed by atoms with van der Waals surface area (Å²) in [5.41, 5.74) is 13.3. The van der Waals surface area contributed by atoms with Crippen LogP contribution in [0.2, 0.25) is 0 Å². The second kappa shape index (κ2) is 33.6. The molecule has 0 saturated carbocycles. The van der Waals surface area contributed by atoms with Crippen LogP contribution in [0.5, 0.6) is 23.0 Å². The van der Waals surface area contributed by atoms with Gasteiger partial charge in [-0.2, -0.15) is 0 Å². The number of carbonyl (C=O) groups excluding carboxylic acids is 8. The van der Waals surface area contributed by atoms with Crippen molar-refractivity contribution in [3.8, 4) is 23.0 Å². The molecule has 4 heterocycles. The molecule has 0 unspecified atom stereocenters. The SMILES string of the molecule is COCCOCCOCCN(C(=O)OCc1ccc(NC(=O)[C@H](CCCNC(N)=O)NC(=O)[C@@H](NC(=O)CCC(C)=O)C(C)C)cc1)c1cc(COc2cc3c(cc2OC)C(=O)N2c4ccccc4C[C@H]2C=N3)cc(COc2cc3c(cc2OC)C(=O)N2c4ccccc4C[C@H]2CN3)c1. The molecule has 99 heavy (non-hydrogen) atoms. The van der Waals surface area contributed by atoms with Crippen LogP contribution in [0.4, 0.5) is 43.7 Å². The molecule has 10 rings (SSSR count). The molecular weight excluding hydrogens is 1270 g/mol. The minimum atomic E-state index is -1.12. The molecule has 4 atom stereocenters. The minimum Gasteiger partial charge on any atom is -0.493 e. The Balaban J connectivity index is 0.902. The molecule has 0 aromatic heterocycles. The van der Waals surface area contributed by atoms with E-state index < -0.39 is 41.9 Å². The Morgan fingerprint density at radius 1 is 0.677 bits per heavy atom. The number of methoxy groups -OCH3 is 3. The zero-order valence-corrected chi connectivity index (χ0v) is 56.4. The highest BCUT2D eigenvalue weighted by molar-refractivity contribution is 6.15. The first-order chi connectivity index (χ1) is 47.9. The maximum Gasteiger partial charge on any atom is 0.414 e. The van der Waals surface area contributed by atoms with Crippen molar-refractivity contribution in [2.24, 2.45) is 16.6 Å². The van der Waals surface area contributed by atoms with Crippen LogP contribution in [0.25, 0.3) is 0 Å². The number of aliphatic imine (C=N–C) groups is 1. The number of para-hydroxylation sites is 2. The van der Waals surface area contributed by atoms with Crippen LogP contribution in [-0.2, 0) is 70.8 Å². The van der Waals surface area contributed by atoms with E-state index in [1.54, 1.807) is 92.7 Å². The maximum atomic E-state index is 14.8. The van der Waals surface area contributed by atoms with Crippen molar-refractivity contribution >= 4 is 87.8 Å². The average Bonchev–Trinajstić information content (AvgIpc) is 1.63. The first-order valence-corrected chi connectivity index (χ1v) is 32.9. The van der Waals surface area contributed by atoms with Gasteiger partial charge < -0.3 is 79.9 Å². The van der Waals surface area contributed by atoms with Gasteiger partial charge in [-0.05, 0) is 115 Å². The highest BCUT2D eigenvalue weighted by atomic mass is 16.6. The number of nitrogens with two attached hydrogens (primary N) is 1. The van der Waals surface area contributed by atoms with Crippen molar-refractivity contribution in [3.63, 3.8) is 0 Å². The van der Waals surface area contributed by atoms with Crippen LogP contribution >= 0.6 is 0 Å². The zero-order chi connectivity index (χ0) is 70.1. The fraction of sp³-hybridized carbons (Fsp3) is 0.384. The predicted molar refractivity (Wildman–Crippen MR) is 371 cm³/mol. The Kier molecular flexibility index (Phi) is 24.2. The number of ether oxygens (including phenoxy) is 8.